The fourth-order valence-electron chi connectivity index (χ4n) is 5.80. The van der Waals surface area contributed by atoms with Crippen molar-refractivity contribution in [3.05, 3.63) is 134 Å². The Morgan fingerprint density at radius 3 is 2.34 bits per heavy atom. The van der Waals surface area contributed by atoms with Crippen molar-refractivity contribution >= 4 is 43.5 Å². The summed E-state index contributed by atoms with van der Waals surface area (Å²) >= 11 is 0. The molecule has 0 atom stereocenters. The van der Waals surface area contributed by atoms with Gasteiger partial charge in [0.1, 0.15) is 5.82 Å². The molecular formula is C34H22N4. The summed E-state index contributed by atoms with van der Waals surface area (Å²) in [4.78, 5) is 9.21. The summed E-state index contributed by atoms with van der Waals surface area (Å²) in [7, 11) is 0. The zero-order valence-corrected chi connectivity index (χ0v) is 20.5. The lowest BCUT2D eigenvalue weighted by molar-refractivity contribution is 1.08. The van der Waals surface area contributed by atoms with Gasteiger partial charge < -0.3 is 4.57 Å². The largest absolute Gasteiger partial charge is 0.317 e. The van der Waals surface area contributed by atoms with E-state index in [1.165, 1.54) is 38.0 Å². The van der Waals surface area contributed by atoms with E-state index in [-0.39, 0.29) is 0 Å². The van der Waals surface area contributed by atoms with Crippen molar-refractivity contribution in [2.24, 2.45) is 0 Å². The third-order valence-electron chi connectivity index (χ3n) is 7.49. The summed E-state index contributed by atoms with van der Waals surface area (Å²) in [6, 6.07) is 38.6. The fourth-order valence-corrected chi connectivity index (χ4v) is 5.80. The van der Waals surface area contributed by atoms with Gasteiger partial charge in [0.25, 0.3) is 0 Å². The number of fused-ring (bicyclic) bond motifs is 7. The van der Waals surface area contributed by atoms with Crippen LogP contribution < -0.4 is 0 Å². The van der Waals surface area contributed by atoms with E-state index in [0.717, 1.165) is 28.1 Å². The zero-order chi connectivity index (χ0) is 25.1. The highest BCUT2D eigenvalue weighted by Gasteiger charge is 2.18. The van der Waals surface area contributed by atoms with Crippen LogP contribution in [0.25, 0.3) is 66.1 Å². The number of hydrogen-bond acceptors (Lipinski definition) is 2. The highest BCUT2D eigenvalue weighted by atomic mass is 15.1. The average Bonchev–Trinajstić information content (AvgIpc) is 3.58. The van der Waals surface area contributed by atoms with Crippen molar-refractivity contribution in [3.63, 3.8) is 0 Å². The minimum atomic E-state index is 0.893. The summed E-state index contributed by atoms with van der Waals surface area (Å²) in [6.45, 7) is 0. The predicted octanol–water partition coefficient (Wildman–Crippen LogP) is 8.34. The fraction of sp³-hybridized carbons (Fsp3) is 0. The van der Waals surface area contributed by atoms with Crippen LogP contribution in [0.5, 0.6) is 0 Å². The van der Waals surface area contributed by atoms with Crippen molar-refractivity contribution in [2.75, 3.05) is 0 Å². The Morgan fingerprint density at radius 1 is 0.579 bits per heavy atom. The zero-order valence-electron chi connectivity index (χ0n) is 20.5. The van der Waals surface area contributed by atoms with E-state index in [1.807, 2.05) is 24.5 Å². The molecule has 4 heterocycles. The lowest BCUT2D eigenvalue weighted by atomic mass is 10.0. The van der Waals surface area contributed by atoms with Gasteiger partial charge in [0.2, 0.25) is 0 Å². The Bertz CT molecular complexity index is 2120. The van der Waals surface area contributed by atoms with Crippen LogP contribution in [-0.4, -0.2) is 19.1 Å². The molecular weight excluding hydrogens is 464 g/mol. The van der Waals surface area contributed by atoms with Crippen LogP contribution in [0.3, 0.4) is 0 Å². The predicted molar refractivity (Wildman–Crippen MR) is 156 cm³/mol. The monoisotopic (exact) mass is 486 g/mol. The maximum absolute atomic E-state index is 4.88. The van der Waals surface area contributed by atoms with Crippen LogP contribution in [0, 0.1) is 0 Å². The van der Waals surface area contributed by atoms with Crippen molar-refractivity contribution in [2.45, 2.75) is 0 Å². The normalized spacial score (nSPS) is 11.7. The van der Waals surface area contributed by atoms with Gasteiger partial charge in [0.05, 0.1) is 16.6 Å². The highest BCUT2D eigenvalue weighted by Crippen LogP contribution is 2.40. The molecule has 0 unspecified atom stereocenters. The van der Waals surface area contributed by atoms with Crippen LogP contribution in [0.15, 0.2) is 134 Å². The molecule has 4 heteroatoms. The van der Waals surface area contributed by atoms with E-state index in [1.54, 1.807) is 6.20 Å². The number of rotatable bonds is 3. The molecule has 0 saturated heterocycles. The van der Waals surface area contributed by atoms with E-state index < -0.39 is 0 Å². The molecule has 8 aromatic rings. The van der Waals surface area contributed by atoms with Crippen molar-refractivity contribution < 1.29 is 0 Å². The molecule has 0 fully saturated rings. The van der Waals surface area contributed by atoms with Gasteiger partial charge >= 0.3 is 0 Å². The second-order valence-corrected chi connectivity index (χ2v) is 9.58. The topological polar surface area (TPSA) is 35.6 Å². The van der Waals surface area contributed by atoms with Crippen molar-refractivity contribution in [1.29, 1.82) is 0 Å². The van der Waals surface area contributed by atoms with Crippen LogP contribution in [0.1, 0.15) is 0 Å². The second-order valence-electron chi connectivity index (χ2n) is 9.58. The summed E-state index contributed by atoms with van der Waals surface area (Å²) < 4.78 is 4.59. The maximum atomic E-state index is 4.88. The lowest BCUT2D eigenvalue weighted by Crippen LogP contribution is -1.98. The Labute approximate surface area is 219 Å². The quantitative estimate of drug-likeness (QED) is 0.252. The SMILES string of the molecule is c1ccc(-n2ccc3c4c(ccc5c6ccccc6n(-c6cc(-c7cccnc7)ccn6)c54)ccc32)cc1. The van der Waals surface area contributed by atoms with Gasteiger partial charge in [-0.25, -0.2) is 4.98 Å². The standard InChI is InChI=1S/C34H22N4/c1-2-8-26(9-3-1)37-20-17-29-30(37)15-13-23-12-14-28-27-10-4-5-11-31(27)38(34(28)33(23)29)32-21-24(16-19-36-32)25-7-6-18-35-22-25/h1-22H. The van der Waals surface area contributed by atoms with Crippen molar-refractivity contribution in [1.82, 2.24) is 19.1 Å². The van der Waals surface area contributed by atoms with E-state index in [2.05, 4.69) is 117 Å². The lowest BCUT2D eigenvalue weighted by Gasteiger charge is -2.12. The van der Waals surface area contributed by atoms with Gasteiger partial charge in [0, 0.05) is 57.6 Å². The smallest absolute Gasteiger partial charge is 0.138 e. The molecule has 4 nitrogen and oxygen atoms in total. The molecule has 0 spiro atoms. The molecule has 4 aromatic heterocycles. The number of pyridine rings is 2. The first-order chi connectivity index (χ1) is 18.9. The summed E-state index contributed by atoms with van der Waals surface area (Å²) in [5.74, 6) is 0.893. The van der Waals surface area contributed by atoms with Crippen molar-refractivity contribution in [3.8, 4) is 22.6 Å². The molecule has 0 aliphatic rings. The Kier molecular flexibility index (Phi) is 4.49. The Morgan fingerprint density at radius 2 is 1.45 bits per heavy atom. The molecule has 0 bridgehead atoms. The molecule has 0 radical (unpaired) electrons. The summed E-state index contributed by atoms with van der Waals surface area (Å²) in [6.07, 6.45) is 7.77. The second kappa shape index (κ2) is 8.15. The minimum Gasteiger partial charge on any atom is -0.317 e. The molecule has 178 valence electrons. The molecule has 0 aliphatic heterocycles. The van der Waals surface area contributed by atoms with Gasteiger partial charge in [-0.15, -0.1) is 0 Å². The summed E-state index contributed by atoms with van der Waals surface area (Å²) in [5.41, 5.74) is 6.82. The number of benzene rings is 4. The molecule has 0 saturated carbocycles. The third-order valence-corrected chi connectivity index (χ3v) is 7.49. The minimum absolute atomic E-state index is 0.893. The van der Waals surface area contributed by atoms with Gasteiger partial charge in [-0.05, 0) is 59.5 Å². The van der Waals surface area contributed by atoms with Crippen LogP contribution in [-0.2, 0) is 0 Å². The van der Waals surface area contributed by atoms with Crippen LogP contribution in [0.4, 0.5) is 0 Å². The number of para-hydroxylation sites is 2. The van der Waals surface area contributed by atoms with Gasteiger partial charge in [-0.2, -0.15) is 0 Å². The van der Waals surface area contributed by atoms with E-state index in [0.29, 0.717) is 0 Å². The molecule has 0 amide bonds. The third kappa shape index (κ3) is 3.04. The first-order valence-corrected chi connectivity index (χ1v) is 12.7. The van der Waals surface area contributed by atoms with Gasteiger partial charge in [0.15, 0.2) is 0 Å². The van der Waals surface area contributed by atoms with Crippen LogP contribution in [0.2, 0.25) is 0 Å². The molecule has 0 aliphatic carbocycles. The van der Waals surface area contributed by atoms with Gasteiger partial charge in [-0.3, -0.25) is 9.55 Å². The Balaban J connectivity index is 1.50. The summed E-state index contributed by atoms with van der Waals surface area (Å²) in [5, 5.41) is 6.12. The van der Waals surface area contributed by atoms with E-state index in [9.17, 15) is 0 Å². The van der Waals surface area contributed by atoms with E-state index in [4.69, 9.17) is 4.98 Å². The first-order valence-electron chi connectivity index (χ1n) is 12.7. The number of hydrogen-bond donors (Lipinski definition) is 0. The maximum Gasteiger partial charge on any atom is 0.138 e. The molecule has 0 N–H and O–H groups in total. The van der Waals surface area contributed by atoms with E-state index >= 15 is 0 Å². The first kappa shape index (κ1) is 20.9. The number of aromatic nitrogens is 4. The van der Waals surface area contributed by atoms with Crippen LogP contribution >= 0.6 is 0 Å². The highest BCUT2D eigenvalue weighted by molar-refractivity contribution is 6.25. The van der Waals surface area contributed by atoms with Gasteiger partial charge in [-0.1, -0.05) is 60.7 Å². The Hall–Kier alpha value is -5.22. The molecule has 38 heavy (non-hydrogen) atoms. The average molecular weight is 487 g/mol. The number of nitrogens with zero attached hydrogens (tertiary/aromatic N) is 4. The molecule has 4 aromatic carbocycles. The molecule has 8 rings (SSSR count).